The molecule has 0 aliphatic rings. The van der Waals surface area contributed by atoms with E-state index in [0.717, 1.165) is 12.1 Å². The minimum atomic E-state index is -4.58. The van der Waals surface area contributed by atoms with E-state index in [9.17, 15) is 18.0 Å². The van der Waals surface area contributed by atoms with Gasteiger partial charge in [-0.3, -0.25) is 4.79 Å². The third-order valence-electron chi connectivity index (χ3n) is 4.37. The van der Waals surface area contributed by atoms with Crippen LogP contribution in [0.25, 0.3) is 16.9 Å². The second-order valence-electron chi connectivity index (χ2n) is 6.35. The minimum Gasteiger partial charge on any atom is -0.360 e. The molecule has 0 aliphatic carbocycles. The summed E-state index contributed by atoms with van der Waals surface area (Å²) in [7, 11) is 0. The van der Waals surface area contributed by atoms with Crippen LogP contribution in [0.4, 0.5) is 18.9 Å². The smallest absolute Gasteiger partial charge is 0.360 e. The number of aromatic nitrogens is 4. The third-order valence-corrected chi connectivity index (χ3v) is 4.37. The SMILES string of the molecule is Cc1onc(-c2ccccc2)c1C(=O)Nc1cc(C(F)(F)F)ccc1-n1cncn1. The Kier molecular flexibility index (Phi) is 4.82. The first-order valence-corrected chi connectivity index (χ1v) is 8.74. The highest BCUT2D eigenvalue weighted by molar-refractivity contribution is 6.09. The van der Waals surface area contributed by atoms with Crippen LogP contribution in [0.5, 0.6) is 0 Å². The average Bonchev–Trinajstić information content (AvgIpc) is 3.38. The van der Waals surface area contributed by atoms with E-state index in [4.69, 9.17) is 4.52 Å². The van der Waals surface area contributed by atoms with E-state index in [-0.39, 0.29) is 22.7 Å². The van der Waals surface area contributed by atoms with Gasteiger partial charge in [0, 0.05) is 5.56 Å². The third kappa shape index (κ3) is 3.66. The van der Waals surface area contributed by atoms with Crippen molar-refractivity contribution in [2.75, 3.05) is 5.32 Å². The highest BCUT2D eigenvalue weighted by Gasteiger charge is 2.32. The number of benzene rings is 2. The number of nitrogens with one attached hydrogen (secondary N) is 1. The normalized spacial score (nSPS) is 11.5. The van der Waals surface area contributed by atoms with Crippen LogP contribution >= 0.6 is 0 Å². The average molecular weight is 413 g/mol. The van der Waals surface area contributed by atoms with Gasteiger partial charge in [0.1, 0.15) is 29.7 Å². The number of amides is 1. The van der Waals surface area contributed by atoms with E-state index >= 15 is 0 Å². The summed E-state index contributed by atoms with van der Waals surface area (Å²) < 4.78 is 46.1. The lowest BCUT2D eigenvalue weighted by molar-refractivity contribution is -0.137. The number of nitrogens with zero attached hydrogens (tertiary/aromatic N) is 4. The zero-order chi connectivity index (χ0) is 21.3. The zero-order valence-electron chi connectivity index (χ0n) is 15.5. The molecule has 30 heavy (non-hydrogen) atoms. The Morgan fingerprint density at radius 2 is 1.90 bits per heavy atom. The van der Waals surface area contributed by atoms with Crippen molar-refractivity contribution in [1.82, 2.24) is 19.9 Å². The predicted octanol–water partition coefficient (Wildman–Crippen LogP) is 4.50. The standard InChI is InChI=1S/C20H14F3N5O2/c1-12-17(18(27-30-12)13-5-3-2-4-6-13)19(29)26-15-9-14(20(21,22)23)7-8-16(15)28-11-24-10-25-28/h2-11H,1H3,(H,26,29). The number of hydrogen-bond donors (Lipinski definition) is 1. The van der Waals surface area contributed by atoms with E-state index in [1.807, 2.05) is 6.07 Å². The van der Waals surface area contributed by atoms with Crippen molar-refractivity contribution >= 4 is 11.6 Å². The van der Waals surface area contributed by atoms with Crippen LogP contribution in [-0.4, -0.2) is 25.8 Å². The summed E-state index contributed by atoms with van der Waals surface area (Å²) in [5, 5.41) is 10.4. The molecule has 1 amide bonds. The molecule has 4 aromatic rings. The van der Waals surface area contributed by atoms with E-state index in [2.05, 4.69) is 20.6 Å². The first-order valence-electron chi connectivity index (χ1n) is 8.74. The van der Waals surface area contributed by atoms with Gasteiger partial charge in [-0.05, 0) is 25.1 Å². The van der Waals surface area contributed by atoms with Crippen LogP contribution in [0.15, 0.2) is 65.7 Å². The fraction of sp³-hybridized carbons (Fsp3) is 0.100. The van der Waals surface area contributed by atoms with Gasteiger partial charge < -0.3 is 9.84 Å². The molecule has 4 rings (SSSR count). The Morgan fingerprint density at radius 1 is 1.13 bits per heavy atom. The lowest BCUT2D eigenvalue weighted by Gasteiger charge is -2.14. The second kappa shape index (κ2) is 7.47. The maximum absolute atomic E-state index is 13.2. The molecular formula is C20H14F3N5O2. The molecule has 0 bridgehead atoms. The van der Waals surface area contributed by atoms with Crippen LogP contribution in [0.2, 0.25) is 0 Å². The largest absolute Gasteiger partial charge is 0.416 e. The number of alkyl halides is 3. The monoisotopic (exact) mass is 413 g/mol. The van der Waals surface area contributed by atoms with E-state index in [0.29, 0.717) is 11.3 Å². The summed E-state index contributed by atoms with van der Waals surface area (Å²) in [6, 6.07) is 11.8. The Morgan fingerprint density at radius 3 is 2.57 bits per heavy atom. The quantitative estimate of drug-likeness (QED) is 0.532. The Balaban J connectivity index is 1.76. The zero-order valence-corrected chi connectivity index (χ0v) is 15.5. The molecule has 10 heteroatoms. The molecular weight excluding hydrogens is 399 g/mol. The highest BCUT2D eigenvalue weighted by Crippen LogP contribution is 2.34. The van der Waals surface area contributed by atoms with Crippen LogP contribution in [0.1, 0.15) is 21.7 Å². The molecule has 2 aromatic carbocycles. The van der Waals surface area contributed by atoms with Crippen molar-refractivity contribution in [2.45, 2.75) is 13.1 Å². The first kappa shape index (κ1) is 19.4. The number of aryl methyl sites for hydroxylation is 1. The van der Waals surface area contributed by atoms with Gasteiger partial charge in [0.2, 0.25) is 0 Å². The van der Waals surface area contributed by atoms with Crippen LogP contribution in [0.3, 0.4) is 0 Å². The topological polar surface area (TPSA) is 85.8 Å². The van der Waals surface area contributed by atoms with Gasteiger partial charge in [-0.1, -0.05) is 35.5 Å². The Hall–Kier alpha value is -3.95. The molecule has 0 fully saturated rings. The molecule has 1 N–H and O–H groups in total. The van der Waals surface area contributed by atoms with Crippen molar-refractivity contribution in [3.63, 3.8) is 0 Å². The van der Waals surface area contributed by atoms with E-state index in [1.165, 1.54) is 23.4 Å². The fourth-order valence-electron chi connectivity index (χ4n) is 2.96. The van der Waals surface area contributed by atoms with Gasteiger partial charge >= 0.3 is 6.18 Å². The number of carbonyl (C=O) groups is 1. The van der Waals surface area contributed by atoms with Crippen LogP contribution in [0, 0.1) is 6.92 Å². The predicted molar refractivity (Wildman–Crippen MR) is 101 cm³/mol. The van der Waals surface area contributed by atoms with Crippen molar-refractivity contribution in [3.05, 3.63) is 78.1 Å². The molecule has 0 radical (unpaired) electrons. The summed E-state index contributed by atoms with van der Waals surface area (Å²) in [5.74, 6) is -0.422. The number of anilines is 1. The lowest BCUT2D eigenvalue weighted by Crippen LogP contribution is -2.16. The number of rotatable bonds is 4. The number of halogens is 3. The molecule has 152 valence electrons. The summed E-state index contributed by atoms with van der Waals surface area (Å²) in [6.07, 6.45) is -2.03. The lowest BCUT2D eigenvalue weighted by atomic mass is 10.1. The molecule has 0 spiro atoms. The fourth-order valence-corrected chi connectivity index (χ4v) is 2.96. The minimum absolute atomic E-state index is 0.0834. The molecule has 0 saturated carbocycles. The van der Waals surface area contributed by atoms with Crippen LogP contribution in [-0.2, 0) is 6.18 Å². The van der Waals surface area contributed by atoms with Crippen LogP contribution < -0.4 is 5.32 Å². The summed E-state index contributed by atoms with van der Waals surface area (Å²) in [4.78, 5) is 16.8. The molecule has 7 nitrogen and oxygen atoms in total. The molecule has 2 aromatic heterocycles. The molecule has 0 atom stereocenters. The molecule has 0 saturated heterocycles. The molecule has 2 heterocycles. The van der Waals surface area contributed by atoms with Crippen molar-refractivity contribution < 1.29 is 22.5 Å². The van der Waals surface area contributed by atoms with Gasteiger partial charge in [0.15, 0.2) is 0 Å². The maximum Gasteiger partial charge on any atom is 0.416 e. The number of hydrogen-bond acceptors (Lipinski definition) is 5. The number of carbonyl (C=O) groups excluding carboxylic acids is 1. The van der Waals surface area contributed by atoms with Gasteiger partial charge in [-0.15, -0.1) is 0 Å². The first-order chi connectivity index (χ1) is 14.3. The van der Waals surface area contributed by atoms with Gasteiger partial charge in [-0.2, -0.15) is 18.3 Å². The Labute approximate surface area is 168 Å². The van der Waals surface area contributed by atoms with Gasteiger partial charge in [0.05, 0.1) is 16.9 Å². The van der Waals surface area contributed by atoms with E-state index in [1.54, 1.807) is 31.2 Å². The Bertz CT molecular complexity index is 1190. The van der Waals surface area contributed by atoms with Crippen molar-refractivity contribution in [1.29, 1.82) is 0 Å². The maximum atomic E-state index is 13.2. The van der Waals surface area contributed by atoms with Gasteiger partial charge in [0.25, 0.3) is 5.91 Å². The summed E-state index contributed by atoms with van der Waals surface area (Å²) in [5.41, 5.74) is 0.291. The second-order valence-corrected chi connectivity index (χ2v) is 6.35. The molecule has 0 aliphatic heterocycles. The van der Waals surface area contributed by atoms with Crippen molar-refractivity contribution in [3.8, 4) is 16.9 Å². The summed E-state index contributed by atoms with van der Waals surface area (Å²) >= 11 is 0. The van der Waals surface area contributed by atoms with Gasteiger partial charge in [-0.25, -0.2) is 9.67 Å². The van der Waals surface area contributed by atoms with Crippen molar-refractivity contribution in [2.24, 2.45) is 0 Å². The summed E-state index contributed by atoms with van der Waals surface area (Å²) in [6.45, 7) is 1.55. The van der Waals surface area contributed by atoms with E-state index < -0.39 is 17.6 Å². The molecule has 0 unspecified atom stereocenters. The highest BCUT2D eigenvalue weighted by atomic mass is 19.4.